The highest BCUT2D eigenvalue weighted by Crippen LogP contribution is 2.71. The molecule has 0 amide bonds. The van der Waals surface area contributed by atoms with Gasteiger partial charge in [0, 0.05) is 12.8 Å². The Hall–Kier alpha value is -3.15. The van der Waals surface area contributed by atoms with Gasteiger partial charge in [-0.05, 0) is 0 Å². The number of rotatable bonds is 24. The van der Waals surface area contributed by atoms with Crippen molar-refractivity contribution in [3.63, 3.8) is 0 Å². The highest BCUT2D eigenvalue weighted by Gasteiger charge is 3.02. The first-order chi connectivity index (χ1) is 32.4. The summed E-state index contributed by atoms with van der Waals surface area (Å²) >= 11 is 0. The Labute approximate surface area is 392 Å². The lowest BCUT2D eigenvalue weighted by Crippen LogP contribution is -2.79. The van der Waals surface area contributed by atoms with Crippen molar-refractivity contribution in [2.45, 2.75) is 144 Å². The summed E-state index contributed by atoms with van der Waals surface area (Å²) in [6, 6.07) is 0. The van der Waals surface area contributed by atoms with Gasteiger partial charge in [-0.1, -0.05) is 0 Å². The smallest absolute Gasteiger partial charge is 0.344 e. The average molecular weight is 1310 g/mol. The molecule has 0 atom stereocenters. The van der Waals surface area contributed by atoms with Crippen molar-refractivity contribution in [3.05, 3.63) is 0 Å². The van der Waals surface area contributed by atoms with Crippen LogP contribution in [0.15, 0.2) is 0 Å². The maximum Gasteiger partial charge on any atom is 0.472 e. The maximum atomic E-state index is 14.1. The van der Waals surface area contributed by atoms with Crippen molar-refractivity contribution in [1.82, 2.24) is 6.15 Å². The molecule has 0 unspecified atom stereocenters. The van der Waals surface area contributed by atoms with Crippen LogP contribution in [-0.4, -0.2) is 149 Å². The van der Waals surface area contributed by atoms with Crippen LogP contribution in [0.25, 0.3) is 0 Å². The molecule has 0 aliphatic heterocycles. The Morgan fingerprint density at radius 2 is 0.372 bits per heavy atom. The summed E-state index contributed by atoms with van der Waals surface area (Å²) in [5.74, 6) is -151. The molecule has 0 bridgehead atoms. The van der Waals surface area contributed by atoms with Gasteiger partial charge < -0.3 is 11.0 Å². The number of hydrogen-bond donors (Lipinski definition) is 2. The van der Waals surface area contributed by atoms with Crippen molar-refractivity contribution < 1.29 is 220 Å². The summed E-state index contributed by atoms with van der Waals surface area (Å²) in [6.07, 6.45) is -43.6. The van der Waals surface area contributed by atoms with E-state index in [-0.39, 0.29) is 6.15 Å². The molecule has 0 spiro atoms. The summed E-state index contributed by atoms with van der Waals surface area (Å²) in [6.45, 7) is -6.91. The highest BCUT2D eigenvalue weighted by atomic mass is 31.2. The lowest BCUT2D eigenvalue weighted by atomic mass is 9.82. The van der Waals surface area contributed by atoms with Gasteiger partial charge in [-0.3, -0.25) is 9.05 Å². The van der Waals surface area contributed by atoms with Crippen LogP contribution < -0.4 is 6.15 Å². The summed E-state index contributed by atoms with van der Waals surface area (Å²) in [5, 5.41) is 0. The Balaban J connectivity index is 0. The van der Waals surface area contributed by atoms with Crippen LogP contribution in [0, 0.1) is 0 Å². The van der Waals surface area contributed by atoms with E-state index >= 15 is 0 Å². The minimum atomic E-state index is -9.95. The Kier molecular flexibility index (Phi) is 19.5. The minimum absolute atomic E-state index is 0. The van der Waals surface area contributed by atoms with E-state index < -0.39 is 165 Å². The van der Waals surface area contributed by atoms with Gasteiger partial charge in [0.2, 0.25) is 0 Å². The Bertz CT molecular complexity index is 1960. The third-order valence-electron chi connectivity index (χ3n) is 9.42. The maximum absolute atomic E-state index is 14.1. The highest BCUT2D eigenvalue weighted by molar-refractivity contribution is 7.47. The second-order valence-corrected chi connectivity index (χ2v) is 15.8. The van der Waals surface area contributed by atoms with Gasteiger partial charge in [-0.2, -0.15) is 193 Å². The first kappa shape index (κ1) is 76.9. The number of phosphoric ester groups is 1. The summed E-state index contributed by atoms with van der Waals surface area (Å²) < 4.78 is 641. The second-order valence-electron chi connectivity index (χ2n) is 14.4. The molecule has 52 heteroatoms. The molecule has 0 aromatic carbocycles. The number of hydrogen-bond acceptors (Lipinski definition) is 4. The molecular formula is C26H12F46NO4P. The molecule has 78 heavy (non-hydrogen) atoms. The fraction of sp³-hybridized carbons (Fsp3) is 1.00. The second kappa shape index (κ2) is 19.8. The first-order valence-electron chi connectivity index (χ1n) is 16.7. The van der Waals surface area contributed by atoms with Crippen LogP contribution in [0.1, 0.15) is 12.8 Å². The number of phosphoric acid groups is 1. The first-order valence-corrected chi connectivity index (χ1v) is 18.2. The molecule has 0 saturated carbocycles. The van der Waals surface area contributed by atoms with Crippen molar-refractivity contribution in [1.29, 1.82) is 0 Å². The van der Waals surface area contributed by atoms with Crippen molar-refractivity contribution in [2.75, 3.05) is 13.2 Å². The van der Waals surface area contributed by atoms with Crippen LogP contribution in [0.4, 0.5) is 202 Å². The van der Waals surface area contributed by atoms with Crippen LogP contribution >= 0.6 is 7.82 Å². The van der Waals surface area contributed by atoms with E-state index in [1.165, 1.54) is 0 Å². The van der Waals surface area contributed by atoms with Gasteiger partial charge in [0.1, 0.15) is 0 Å². The van der Waals surface area contributed by atoms with Crippen LogP contribution in [0.3, 0.4) is 0 Å². The Morgan fingerprint density at radius 1 is 0.244 bits per heavy atom. The molecule has 0 aliphatic rings. The lowest BCUT2D eigenvalue weighted by molar-refractivity contribution is -0.481. The van der Waals surface area contributed by atoms with Gasteiger partial charge in [0.25, 0.3) is 0 Å². The van der Waals surface area contributed by atoms with E-state index in [0.717, 1.165) is 0 Å². The summed E-state index contributed by atoms with van der Waals surface area (Å²) in [7, 11) is -7.31. The number of halogens is 46. The standard InChI is InChI=1S/C26H9F46O4P.H3N/c27-5(28,9(33,34)13(41,42)17(49,50)21(57,58)19(53,54)15(45,46)11(37,38)7(31,23(61,62)63)24(64,65)66)1-3-75-77(73,74)76-4-2-6(29,30)10(35,36)14(43,44)18(51,52)22(59,60)20(55,56)16(47,48)12(39,40)8(32,25(67,68)69)26(70,71)72;/h1-4H2,(H,73,74);1H3. The van der Waals surface area contributed by atoms with Crippen molar-refractivity contribution in [3.8, 4) is 0 Å². The molecule has 0 heterocycles. The zero-order valence-electron chi connectivity index (χ0n) is 34.0. The molecule has 0 rings (SSSR count). The van der Waals surface area contributed by atoms with Crippen molar-refractivity contribution >= 4 is 7.82 Å². The molecule has 0 fully saturated rings. The van der Waals surface area contributed by atoms with Crippen LogP contribution in [0.5, 0.6) is 0 Å². The molecule has 0 saturated heterocycles. The molecule has 4 N–H and O–H groups in total. The van der Waals surface area contributed by atoms with E-state index in [1.807, 2.05) is 0 Å². The van der Waals surface area contributed by atoms with Crippen LogP contribution in [0.2, 0.25) is 0 Å². The molecular weight excluding hydrogens is 1300 g/mol. The minimum Gasteiger partial charge on any atom is -0.344 e. The monoisotopic (exact) mass is 1310 g/mol. The van der Waals surface area contributed by atoms with Gasteiger partial charge >= 0.3 is 139 Å². The largest absolute Gasteiger partial charge is 0.472 e. The van der Waals surface area contributed by atoms with E-state index in [2.05, 4.69) is 9.05 Å². The molecule has 472 valence electrons. The summed E-state index contributed by atoms with van der Waals surface area (Å²) in [5.41, 5.74) is -18.8. The predicted octanol–water partition coefficient (Wildman–Crippen LogP) is 15.9. The topological polar surface area (TPSA) is 90.8 Å². The fourth-order valence-corrected chi connectivity index (χ4v) is 5.55. The zero-order valence-corrected chi connectivity index (χ0v) is 34.9. The lowest BCUT2D eigenvalue weighted by Gasteiger charge is -2.46. The van der Waals surface area contributed by atoms with E-state index in [1.54, 1.807) is 0 Å². The quantitative estimate of drug-likeness (QED) is 0.0742. The van der Waals surface area contributed by atoms with E-state index in [9.17, 15) is 207 Å². The summed E-state index contributed by atoms with van der Waals surface area (Å²) in [4.78, 5) is 9.03. The van der Waals surface area contributed by atoms with Crippen LogP contribution in [-0.2, 0) is 13.6 Å². The average Bonchev–Trinajstić information content (AvgIpc) is 3.16. The van der Waals surface area contributed by atoms with Gasteiger partial charge in [-0.15, -0.1) is 0 Å². The fourth-order valence-electron chi connectivity index (χ4n) is 4.83. The van der Waals surface area contributed by atoms with E-state index in [0.29, 0.717) is 0 Å². The molecule has 0 aliphatic carbocycles. The van der Waals surface area contributed by atoms with Gasteiger partial charge in [-0.25, -0.2) is 13.3 Å². The Morgan fingerprint density at radius 3 is 0.513 bits per heavy atom. The predicted molar refractivity (Wildman–Crippen MR) is 147 cm³/mol. The van der Waals surface area contributed by atoms with Gasteiger partial charge in [0.05, 0.1) is 13.2 Å². The van der Waals surface area contributed by atoms with E-state index in [4.69, 9.17) is 4.89 Å². The molecule has 0 radical (unpaired) electrons. The third-order valence-corrected chi connectivity index (χ3v) is 10.4. The van der Waals surface area contributed by atoms with Crippen molar-refractivity contribution in [2.24, 2.45) is 0 Å². The molecule has 0 aromatic rings. The number of alkyl halides is 46. The molecule has 0 aromatic heterocycles. The third kappa shape index (κ3) is 10.1. The molecule has 5 nitrogen and oxygen atoms in total. The zero-order chi connectivity index (χ0) is 63.7. The SMILES string of the molecule is N.O=P(O)(OCCC(F)(F)C(F)(F)C(F)(F)C(F)(F)C(F)(F)C(F)(F)C(F)(F)C(F)(F)C(F)(C(F)(F)F)C(F)(F)F)OCCC(F)(F)C(F)(F)C(F)(F)C(F)(F)C(F)(F)C(F)(F)C(F)(F)C(F)(F)C(F)(C(F)(F)F)C(F)(F)F. The van der Waals surface area contributed by atoms with Gasteiger partial charge in [0.15, 0.2) is 0 Å². The normalized spacial score (nSPS) is 16.9.